The van der Waals surface area contributed by atoms with Gasteiger partial charge in [0.05, 0.1) is 0 Å². The van der Waals surface area contributed by atoms with Crippen molar-refractivity contribution in [3.63, 3.8) is 0 Å². The van der Waals surface area contributed by atoms with Gasteiger partial charge < -0.3 is 0 Å². The lowest BCUT2D eigenvalue weighted by atomic mass is 9.91. The second-order valence-corrected chi connectivity index (χ2v) is 4.42. The Morgan fingerprint density at radius 2 is 1.50 bits per heavy atom. The molecule has 1 atom stereocenters. The van der Waals surface area contributed by atoms with Crippen molar-refractivity contribution < 1.29 is 0 Å². The van der Waals surface area contributed by atoms with E-state index in [1.165, 1.54) is 57.8 Å². The van der Waals surface area contributed by atoms with Gasteiger partial charge in [0.2, 0.25) is 0 Å². The van der Waals surface area contributed by atoms with E-state index in [-0.39, 0.29) is 0 Å². The minimum Gasteiger partial charge on any atom is -0.0654 e. The molecule has 0 aromatic carbocycles. The lowest BCUT2D eigenvalue weighted by molar-refractivity contribution is 0.458. The third kappa shape index (κ3) is 8.59. The number of unbranched alkanes of at least 4 members (excludes halogenated alkanes) is 4. The van der Waals surface area contributed by atoms with Crippen molar-refractivity contribution >= 4 is 0 Å². The van der Waals surface area contributed by atoms with E-state index >= 15 is 0 Å². The summed E-state index contributed by atoms with van der Waals surface area (Å²) in [6.07, 6.45) is 15.0. The molecule has 1 radical (unpaired) electrons. The van der Waals surface area contributed by atoms with Crippen LogP contribution in [-0.4, -0.2) is 0 Å². The first-order chi connectivity index (χ1) is 6.85. The maximum Gasteiger partial charge on any atom is -0.0355 e. The van der Waals surface area contributed by atoms with Gasteiger partial charge in [0.25, 0.3) is 0 Å². The SMILES string of the molecule is CCCC[CH]C(CCC)CCCCC. The second-order valence-electron chi connectivity index (χ2n) is 4.42. The van der Waals surface area contributed by atoms with Crippen LogP contribution in [0, 0.1) is 12.3 Å². The smallest absolute Gasteiger partial charge is 0.0355 e. The predicted molar refractivity (Wildman–Crippen MR) is 66.4 cm³/mol. The molecule has 0 bridgehead atoms. The number of hydrogen-bond acceptors (Lipinski definition) is 0. The van der Waals surface area contributed by atoms with Crippen LogP contribution in [0.1, 0.15) is 78.6 Å². The van der Waals surface area contributed by atoms with Gasteiger partial charge in [-0.25, -0.2) is 0 Å². The van der Waals surface area contributed by atoms with E-state index in [0.717, 1.165) is 5.92 Å². The summed E-state index contributed by atoms with van der Waals surface area (Å²) in [6, 6.07) is 0. The second kappa shape index (κ2) is 11.1. The highest BCUT2D eigenvalue weighted by molar-refractivity contribution is 4.75. The summed E-state index contributed by atoms with van der Waals surface area (Å²) >= 11 is 0. The van der Waals surface area contributed by atoms with E-state index in [1.807, 2.05) is 0 Å². The fraction of sp³-hybridized carbons (Fsp3) is 0.929. The van der Waals surface area contributed by atoms with Gasteiger partial charge in [-0.3, -0.25) is 0 Å². The van der Waals surface area contributed by atoms with Gasteiger partial charge in [-0.2, -0.15) is 0 Å². The van der Waals surface area contributed by atoms with E-state index in [2.05, 4.69) is 27.2 Å². The number of rotatable bonds is 10. The molecule has 0 amide bonds. The molecule has 0 nitrogen and oxygen atoms in total. The summed E-state index contributed by atoms with van der Waals surface area (Å²) in [7, 11) is 0. The molecule has 0 N–H and O–H groups in total. The van der Waals surface area contributed by atoms with Crippen molar-refractivity contribution in [3.8, 4) is 0 Å². The third-order valence-corrected chi connectivity index (χ3v) is 2.90. The first kappa shape index (κ1) is 14.0. The molecule has 0 aliphatic heterocycles. The quantitative estimate of drug-likeness (QED) is 0.413. The molecule has 0 fully saturated rings. The zero-order chi connectivity index (χ0) is 10.6. The molecule has 0 aliphatic rings. The molecule has 0 heteroatoms. The minimum atomic E-state index is 0.915. The van der Waals surface area contributed by atoms with E-state index < -0.39 is 0 Å². The highest BCUT2D eigenvalue weighted by Gasteiger charge is 2.06. The van der Waals surface area contributed by atoms with Gasteiger partial charge in [-0.15, -0.1) is 0 Å². The summed E-state index contributed by atoms with van der Waals surface area (Å²) in [5, 5.41) is 0. The van der Waals surface area contributed by atoms with Gasteiger partial charge in [-0.05, 0) is 18.8 Å². The van der Waals surface area contributed by atoms with Gasteiger partial charge >= 0.3 is 0 Å². The summed E-state index contributed by atoms with van der Waals surface area (Å²) in [4.78, 5) is 0. The Labute approximate surface area is 91.5 Å². The topological polar surface area (TPSA) is 0 Å². The Kier molecular flexibility index (Phi) is 11.1. The maximum absolute atomic E-state index is 2.59. The van der Waals surface area contributed by atoms with Crippen molar-refractivity contribution in [1.29, 1.82) is 0 Å². The average molecular weight is 197 g/mol. The van der Waals surface area contributed by atoms with Crippen molar-refractivity contribution in [2.24, 2.45) is 5.92 Å². The maximum atomic E-state index is 2.59. The lowest BCUT2D eigenvalue weighted by Gasteiger charge is -2.15. The Bertz CT molecular complexity index is 86.2. The van der Waals surface area contributed by atoms with Crippen LogP contribution in [0.4, 0.5) is 0 Å². The van der Waals surface area contributed by atoms with E-state index in [9.17, 15) is 0 Å². The Morgan fingerprint density at radius 3 is 2.07 bits per heavy atom. The van der Waals surface area contributed by atoms with Gasteiger partial charge in [0, 0.05) is 0 Å². The van der Waals surface area contributed by atoms with E-state index in [0.29, 0.717) is 0 Å². The lowest BCUT2D eigenvalue weighted by Crippen LogP contribution is -2.01. The molecule has 85 valence electrons. The minimum absolute atomic E-state index is 0.915. The highest BCUT2D eigenvalue weighted by atomic mass is 14.1. The number of hydrogen-bond donors (Lipinski definition) is 0. The summed E-state index contributed by atoms with van der Waals surface area (Å²) < 4.78 is 0. The normalized spacial score (nSPS) is 11.1. The van der Waals surface area contributed by atoms with Crippen molar-refractivity contribution in [1.82, 2.24) is 0 Å². The molecule has 0 aliphatic carbocycles. The molecule has 14 heavy (non-hydrogen) atoms. The van der Waals surface area contributed by atoms with Crippen LogP contribution in [0.5, 0.6) is 0 Å². The van der Waals surface area contributed by atoms with Crippen LogP contribution < -0.4 is 0 Å². The van der Waals surface area contributed by atoms with Crippen molar-refractivity contribution in [2.75, 3.05) is 0 Å². The first-order valence-electron chi connectivity index (χ1n) is 6.68. The molecule has 0 saturated heterocycles. The molecular formula is C14H29. The van der Waals surface area contributed by atoms with Crippen molar-refractivity contribution in [3.05, 3.63) is 6.42 Å². The first-order valence-corrected chi connectivity index (χ1v) is 6.68. The summed E-state index contributed by atoms with van der Waals surface area (Å²) in [5.41, 5.74) is 0. The fourth-order valence-corrected chi connectivity index (χ4v) is 1.97. The predicted octanol–water partition coefficient (Wildman–Crippen LogP) is 5.38. The monoisotopic (exact) mass is 197 g/mol. The van der Waals surface area contributed by atoms with Crippen molar-refractivity contribution in [2.45, 2.75) is 78.6 Å². The molecule has 1 unspecified atom stereocenters. The summed E-state index contributed by atoms with van der Waals surface area (Å²) in [5.74, 6) is 0.915. The Morgan fingerprint density at radius 1 is 0.786 bits per heavy atom. The zero-order valence-electron chi connectivity index (χ0n) is 10.5. The fourth-order valence-electron chi connectivity index (χ4n) is 1.97. The molecule has 0 saturated carbocycles. The van der Waals surface area contributed by atoms with Crippen LogP contribution in [0.3, 0.4) is 0 Å². The van der Waals surface area contributed by atoms with E-state index in [1.54, 1.807) is 0 Å². The van der Waals surface area contributed by atoms with Crippen LogP contribution in [0.2, 0.25) is 0 Å². The Hall–Kier alpha value is 0. The van der Waals surface area contributed by atoms with Crippen LogP contribution >= 0.6 is 0 Å². The van der Waals surface area contributed by atoms with E-state index in [4.69, 9.17) is 0 Å². The van der Waals surface area contributed by atoms with Gasteiger partial charge in [0.15, 0.2) is 0 Å². The van der Waals surface area contributed by atoms with Crippen LogP contribution in [0.15, 0.2) is 0 Å². The molecule has 0 spiro atoms. The molecular weight excluding hydrogens is 168 g/mol. The largest absolute Gasteiger partial charge is 0.0654 e. The van der Waals surface area contributed by atoms with Crippen LogP contribution in [-0.2, 0) is 0 Å². The van der Waals surface area contributed by atoms with Gasteiger partial charge in [-0.1, -0.05) is 72.1 Å². The molecule has 0 aromatic heterocycles. The van der Waals surface area contributed by atoms with Gasteiger partial charge in [0.1, 0.15) is 0 Å². The molecule has 0 rings (SSSR count). The van der Waals surface area contributed by atoms with Crippen LogP contribution in [0.25, 0.3) is 0 Å². The average Bonchev–Trinajstić information content (AvgIpc) is 2.18. The zero-order valence-corrected chi connectivity index (χ0v) is 10.5. The Balaban J connectivity index is 3.44. The summed E-state index contributed by atoms with van der Waals surface area (Å²) in [6.45, 7) is 6.87. The highest BCUT2D eigenvalue weighted by Crippen LogP contribution is 2.21. The standard InChI is InChI=1S/C14H29/c1-4-7-9-12-14(11-6-3)13-10-8-5-2/h12,14H,4-11,13H2,1-3H3. The third-order valence-electron chi connectivity index (χ3n) is 2.90. The molecule has 0 aromatic rings. The molecule has 0 heterocycles.